The van der Waals surface area contributed by atoms with E-state index in [9.17, 15) is 0 Å². The van der Waals surface area contributed by atoms with Crippen molar-refractivity contribution in [1.82, 2.24) is 0 Å². The molecule has 0 nitrogen and oxygen atoms in total. The third-order valence-electron chi connectivity index (χ3n) is 1.83. The number of hydrogen-bond acceptors (Lipinski definition) is 0. The normalized spacial score (nSPS) is 51.2. The molecule has 1 aliphatic carbocycles. The van der Waals surface area contributed by atoms with Crippen LogP contribution in [0.4, 0.5) is 0 Å². The molecule has 0 atom stereocenters. The molecule has 0 heterocycles. The maximum atomic E-state index is 5.88. The van der Waals surface area contributed by atoms with Gasteiger partial charge in [0, 0.05) is 17.1 Å². The van der Waals surface area contributed by atoms with Crippen molar-refractivity contribution in [3.8, 4) is 0 Å². The van der Waals surface area contributed by atoms with Gasteiger partial charge in [-0.2, -0.15) is 0 Å². The predicted octanol–water partition coefficient (Wildman–Crippen LogP) is 3.64. The quantitative estimate of drug-likeness (QED) is 0.464. The molecule has 0 aromatic carbocycles. The van der Waals surface area contributed by atoms with E-state index in [1.54, 1.807) is 0 Å². The summed E-state index contributed by atoms with van der Waals surface area (Å²) >= 11 is 35.3. The van der Waals surface area contributed by atoms with Crippen LogP contribution in [0.5, 0.6) is 0 Å². The fourth-order valence-corrected chi connectivity index (χ4v) is 3.38. The number of rotatable bonds is 0. The Labute approximate surface area is 118 Å². The summed E-state index contributed by atoms with van der Waals surface area (Å²) in [7, 11) is 0. The van der Waals surface area contributed by atoms with Gasteiger partial charge in [-0.1, -0.05) is 0 Å². The van der Waals surface area contributed by atoms with Crippen molar-refractivity contribution in [3.05, 3.63) is 0 Å². The van der Waals surface area contributed by atoms with Gasteiger partial charge in [0.25, 0.3) is 0 Å². The minimum Gasteiger partial charge on any atom is -0.120 e. The molecule has 0 saturated heterocycles. The zero-order valence-electron chi connectivity index (χ0n) is 6.09. The second-order valence-electron chi connectivity index (χ2n) is 2.67. The molecule has 1 fully saturated rings. The zero-order chi connectivity index (χ0) is 9.46. The van der Waals surface area contributed by atoms with Crippen molar-refractivity contribution >= 4 is 69.6 Å². The van der Waals surface area contributed by atoms with Crippen LogP contribution in [0.1, 0.15) is 0 Å². The minimum absolute atomic E-state index is 0. The maximum absolute atomic E-state index is 5.88. The molecule has 0 aromatic heterocycles. The molecule has 1 saturated carbocycles. The second-order valence-corrected chi connectivity index (χ2v) is 5.69. The number of hydrogen-bond donors (Lipinski definition) is 0. The van der Waals surface area contributed by atoms with Crippen molar-refractivity contribution in [1.29, 1.82) is 0 Å². The van der Waals surface area contributed by atoms with Crippen molar-refractivity contribution in [3.63, 3.8) is 0 Å². The molecule has 0 unspecified atom stereocenters. The Morgan fingerprint density at radius 3 is 0.538 bits per heavy atom. The zero-order valence-corrected chi connectivity index (χ0v) is 11.7. The Bertz CT molecular complexity index is 109. The van der Waals surface area contributed by atoms with Gasteiger partial charge in [0.15, 0.2) is 0 Å². The van der Waals surface area contributed by atoms with Crippen molar-refractivity contribution in [2.75, 3.05) is 0 Å². The van der Waals surface area contributed by atoms with Gasteiger partial charge in [-0.3, -0.25) is 0 Å². The SMILES string of the molecule is ClC1C(Cl)C(Cl)C(Cl)C(Cl)C1Cl.[Fe]. The van der Waals surface area contributed by atoms with Crippen molar-refractivity contribution < 1.29 is 17.1 Å². The average Bonchev–Trinajstić information content (AvgIpc) is 2.08. The summed E-state index contributed by atoms with van der Waals surface area (Å²) in [6.07, 6.45) is 0. The standard InChI is InChI=1S/C6H6Cl6.Fe/c7-1-2(8)4(10)6(12)5(11)3(1)9;/h1-6H;. The van der Waals surface area contributed by atoms with E-state index in [-0.39, 0.29) is 17.1 Å². The van der Waals surface area contributed by atoms with E-state index in [1.807, 2.05) is 0 Å². The molecule has 0 bridgehead atoms. The smallest absolute Gasteiger partial charge is 0.0693 e. The summed E-state index contributed by atoms with van der Waals surface area (Å²) in [6, 6.07) is 0. The molecular weight excluding hydrogens is 341 g/mol. The van der Waals surface area contributed by atoms with Gasteiger partial charge in [-0.05, 0) is 0 Å². The van der Waals surface area contributed by atoms with E-state index in [1.165, 1.54) is 0 Å². The molecule has 0 aromatic rings. The van der Waals surface area contributed by atoms with Crippen LogP contribution in [0.15, 0.2) is 0 Å². The first kappa shape index (κ1) is 15.3. The molecule has 0 spiro atoms. The van der Waals surface area contributed by atoms with Gasteiger partial charge in [-0.25, -0.2) is 0 Å². The van der Waals surface area contributed by atoms with Crippen LogP contribution in [-0.2, 0) is 17.1 Å². The molecule has 7 heteroatoms. The summed E-state index contributed by atoms with van der Waals surface area (Å²) in [4.78, 5) is 0. The van der Waals surface area contributed by atoms with E-state index in [0.717, 1.165) is 0 Å². The van der Waals surface area contributed by atoms with Crippen LogP contribution in [-0.4, -0.2) is 32.3 Å². The Morgan fingerprint density at radius 2 is 0.462 bits per heavy atom. The summed E-state index contributed by atoms with van der Waals surface area (Å²) in [5.41, 5.74) is 0. The number of alkyl halides is 6. The largest absolute Gasteiger partial charge is 0.120 e. The fourth-order valence-electron chi connectivity index (χ4n) is 1.05. The van der Waals surface area contributed by atoms with Gasteiger partial charge in [-0.15, -0.1) is 69.6 Å². The van der Waals surface area contributed by atoms with Crippen LogP contribution in [0.25, 0.3) is 0 Å². The molecular formula is C6H6Cl6Fe. The van der Waals surface area contributed by atoms with Crippen molar-refractivity contribution in [2.24, 2.45) is 0 Å². The van der Waals surface area contributed by atoms with E-state index in [0.29, 0.717) is 0 Å². The first-order valence-corrected chi connectivity index (χ1v) is 5.93. The Morgan fingerprint density at radius 1 is 0.385 bits per heavy atom. The van der Waals surface area contributed by atoms with Crippen LogP contribution >= 0.6 is 69.6 Å². The summed E-state index contributed by atoms with van der Waals surface area (Å²) in [5, 5.41) is -2.62. The molecule has 80 valence electrons. The Balaban J connectivity index is 0.00000144. The van der Waals surface area contributed by atoms with Gasteiger partial charge in [0.05, 0.1) is 32.3 Å². The van der Waals surface area contributed by atoms with Crippen LogP contribution in [0, 0.1) is 0 Å². The molecule has 0 N–H and O–H groups in total. The van der Waals surface area contributed by atoms with E-state index >= 15 is 0 Å². The molecule has 0 radical (unpaired) electrons. The van der Waals surface area contributed by atoms with E-state index in [2.05, 4.69) is 0 Å². The van der Waals surface area contributed by atoms with Gasteiger partial charge in [0.1, 0.15) is 0 Å². The second kappa shape index (κ2) is 6.11. The minimum atomic E-state index is -0.437. The van der Waals surface area contributed by atoms with E-state index in [4.69, 9.17) is 69.6 Å². The van der Waals surface area contributed by atoms with Crippen molar-refractivity contribution in [2.45, 2.75) is 32.3 Å². The molecule has 0 amide bonds. The third-order valence-corrected chi connectivity index (χ3v) is 5.86. The maximum Gasteiger partial charge on any atom is 0.0693 e. The molecule has 0 aliphatic heterocycles. The van der Waals surface area contributed by atoms with Crippen LogP contribution < -0.4 is 0 Å². The summed E-state index contributed by atoms with van der Waals surface area (Å²) < 4.78 is 0. The predicted molar refractivity (Wildman–Crippen MR) is 57.8 cm³/mol. The molecule has 13 heavy (non-hydrogen) atoms. The monoisotopic (exact) mass is 344 g/mol. The Hall–Kier alpha value is 2.26. The summed E-state index contributed by atoms with van der Waals surface area (Å²) in [6.45, 7) is 0. The number of halogens is 6. The van der Waals surface area contributed by atoms with Crippen LogP contribution in [0.3, 0.4) is 0 Å². The average molecular weight is 347 g/mol. The van der Waals surface area contributed by atoms with Gasteiger partial charge < -0.3 is 0 Å². The first-order chi connectivity index (χ1) is 5.46. The van der Waals surface area contributed by atoms with Gasteiger partial charge >= 0.3 is 0 Å². The third kappa shape index (κ3) is 3.11. The fraction of sp³-hybridized carbons (Fsp3) is 1.00. The molecule has 1 aliphatic rings. The first-order valence-electron chi connectivity index (χ1n) is 3.31. The Kier molecular flexibility index (Phi) is 7.17. The topological polar surface area (TPSA) is 0 Å². The summed E-state index contributed by atoms with van der Waals surface area (Å²) in [5.74, 6) is 0. The molecule has 1 rings (SSSR count). The van der Waals surface area contributed by atoms with E-state index < -0.39 is 32.3 Å². The van der Waals surface area contributed by atoms with Gasteiger partial charge in [0.2, 0.25) is 0 Å². The van der Waals surface area contributed by atoms with Crippen LogP contribution in [0.2, 0.25) is 0 Å².